The molecule has 0 spiro atoms. The summed E-state index contributed by atoms with van der Waals surface area (Å²) in [7, 11) is 1.84. The third-order valence-corrected chi connectivity index (χ3v) is 4.86. The van der Waals surface area contributed by atoms with E-state index in [4.69, 9.17) is 16.3 Å². The second-order valence-corrected chi connectivity index (χ2v) is 6.79. The van der Waals surface area contributed by atoms with E-state index in [-0.39, 0.29) is 6.73 Å². The first kappa shape index (κ1) is 16.7. The van der Waals surface area contributed by atoms with Gasteiger partial charge >= 0.3 is 0 Å². The van der Waals surface area contributed by atoms with Gasteiger partial charge in [-0.15, -0.1) is 5.10 Å². The second-order valence-electron chi connectivity index (χ2n) is 6.38. The van der Waals surface area contributed by atoms with Gasteiger partial charge in [0.15, 0.2) is 18.0 Å². The van der Waals surface area contributed by atoms with Crippen LogP contribution in [0.1, 0.15) is 5.56 Å². The molecule has 0 amide bonds. The van der Waals surface area contributed by atoms with E-state index in [0.717, 1.165) is 22.3 Å². The summed E-state index contributed by atoms with van der Waals surface area (Å²) < 4.78 is 10.8. The molecule has 4 aromatic heterocycles. The molecule has 0 radical (unpaired) electrons. The standard InChI is InChI=1S/C18H15ClN8O/c1-11-7-12(3-4-14(11)19)28-10-26-6-5-15(23-26)16-22-18-13-8-21-25(2)17(13)20-9-27(18)24-16/h3-9H,10H2,1-2H3. The van der Waals surface area contributed by atoms with Crippen LogP contribution in [-0.2, 0) is 13.8 Å². The number of ether oxygens (including phenoxy) is 1. The lowest BCUT2D eigenvalue weighted by molar-refractivity contribution is 0.221. The third kappa shape index (κ3) is 2.76. The van der Waals surface area contributed by atoms with E-state index in [0.29, 0.717) is 22.2 Å². The predicted octanol–water partition coefficient (Wildman–Crippen LogP) is 2.87. The lowest BCUT2D eigenvalue weighted by Gasteiger charge is -2.07. The van der Waals surface area contributed by atoms with E-state index in [2.05, 4.69) is 25.3 Å². The average Bonchev–Trinajstić information content (AvgIpc) is 3.40. The van der Waals surface area contributed by atoms with Crippen molar-refractivity contribution in [1.29, 1.82) is 0 Å². The monoisotopic (exact) mass is 394 g/mol. The van der Waals surface area contributed by atoms with Crippen LogP contribution in [0.2, 0.25) is 5.02 Å². The zero-order valence-electron chi connectivity index (χ0n) is 15.1. The molecule has 4 heterocycles. The highest BCUT2D eigenvalue weighted by atomic mass is 35.5. The first-order chi connectivity index (χ1) is 13.6. The van der Waals surface area contributed by atoms with Gasteiger partial charge < -0.3 is 4.74 Å². The summed E-state index contributed by atoms with van der Waals surface area (Å²) >= 11 is 6.04. The number of halogens is 1. The summed E-state index contributed by atoms with van der Waals surface area (Å²) in [4.78, 5) is 8.97. The molecule has 10 heteroatoms. The molecule has 0 saturated heterocycles. The number of hydrogen-bond donors (Lipinski definition) is 0. The normalized spacial score (nSPS) is 11.5. The average molecular weight is 395 g/mol. The summed E-state index contributed by atoms with van der Waals surface area (Å²) in [5, 5.41) is 14.7. The molecule has 0 atom stereocenters. The third-order valence-electron chi connectivity index (χ3n) is 4.43. The maximum Gasteiger partial charge on any atom is 0.202 e. The lowest BCUT2D eigenvalue weighted by atomic mass is 10.2. The molecular formula is C18H15ClN8O. The maximum absolute atomic E-state index is 6.04. The number of nitrogens with zero attached hydrogens (tertiary/aromatic N) is 8. The number of rotatable bonds is 4. The number of fused-ring (bicyclic) bond motifs is 3. The van der Waals surface area contributed by atoms with Gasteiger partial charge in [-0.1, -0.05) is 11.6 Å². The molecule has 0 unspecified atom stereocenters. The quantitative estimate of drug-likeness (QED) is 0.465. The van der Waals surface area contributed by atoms with Crippen molar-refractivity contribution in [1.82, 2.24) is 39.1 Å². The van der Waals surface area contributed by atoms with E-state index < -0.39 is 0 Å². The van der Waals surface area contributed by atoms with Crippen molar-refractivity contribution in [3.05, 3.63) is 53.6 Å². The van der Waals surface area contributed by atoms with Crippen LogP contribution < -0.4 is 4.74 Å². The Morgan fingerprint density at radius 2 is 2.04 bits per heavy atom. The van der Waals surface area contributed by atoms with E-state index in [9.17, 15) is 0 Å². The van der Waals surface area contributed by atoms with E-state index in [1.54, 1.807) is 26.4 Å². The maximum atomic E-state index is 6.04. The summed E-state index contributed by atoms with van der Waals surface area (Å²) in [6.45, 7) is 2.20. The highest BCUT2D eigenvalue weighted by molar-refractivity contribution is 6.31. The van der Waals surface area contributed by atoms with Crippen molar-refractivity contribution in [3.8, 4) is 17.3 Å². The molecule has 5 aromatic rings. The highest BCUT2D eigenvalue weighted by Crippen LogP contribution is 2.22. The van der Waals surface area contributed by atoms with Crippen LogP contribution in [0, 0.1) is 6.92 Å². The van der Waals surface area contributed by atoms with Crippen LogP contribution in [-0.4, -0.2) is 39.1 Å². The van der Waals surface area contributed by atoms with Crippen molar-refractivity contribution < 1.29 is 4.74 Å². The van der Waals surface area contributed by atoms with Gasteiger partial charge in [-0.3, -0.25) is 4.68 Å². The molecule has 28 heavy (non-hydrogen) atoms. The zero-order valence-corrected chi connectivity index (χ0v) is 15.9. The van der Waals surface area contributed by atoms with E-state index in [1.165, 1.54) is 0 Å². The molecule has 140 valence electrons. The van der Waals surface area contributed by atoms with Crippen molar-refractivity contribution in [3.63, 3.8) is 0 Å². The van der Waals surface area contributed by atoms with Gasteiger partial charge in [0.1, 0.15) is 17.8 Å². The minimum absolute atomic E-state index is 0.267. The summed E-state index contributed by atoms with van der Waals surface area (Å²) in [6, 6.07) is 7.38. The molecule has 9 nitrogen and oxygen atoms in total. The summed E-state index contributed by atoms with van der Waals surface area (Å²) in [5.41, 5.74) is 3.06. The van der Waals surface area contributed by atoms with Gasteiger partial charge in [0, 0.05) is 18.3 Å². The Hall–Kier alpha value is -3.46. The molecule has 0 aliphatic carbocycles. The summed E-state index contributed by atoms with van der Waals surface area (Å²) in [5.74, 6) is 1.24. The fourth-order valence-corrected chi connectivity index (χ4v) is 3.07. The van der Waals surface area contributed by atoms with Crippen molar-refractivity contribution in [2.45, 2.75) is 13.7 Å². The van der Waals surface area contributed by atoms with E-state index in [1.807, 2.05) is 44.4 Å². The number of aryl methyl sites for hydroxylation is 2. The minimum atomic E-state index is 0.267. The summed E-state index contributed by atoms with van der Waals surface area (Å²) in [6.07, 6.45) is 5.18. The van der Waals surface area contributed by atoms with E-state index >= 15 is 0 Å². The fraction of sp³-hybridized carbons (Fsp3) is 0.167. The number of benzene rings is 1. The van der Waals surface area contributed by atoms with Crippen LogP contribution in [0.5, 0.6) is 5.75 Å². The van der Waals surface area contributed by atoms with Crippen molar-refractivity contribution in [2.24, 2.45) is 7.05 Å². The van der Waals surface area contributed by atoms with Crippen molar-refractivity contribution >= 4 is 28.3 Å². The lowest BCUT2D eigenvalue weighted by Crippen LogP contribution is -2.06. The van der Waals surface area contributed by atoms with Crippen LogP contribution in [0.15, 0.2) is 43.0 Å². The first-order valence-corrected chi connectivity index (χ1v) is 8.92. The smallest absolute Gasteiger partial charge is 0.202 e. The molecule has 1 aromatic carbocycles. The van der Waals surface area contributed by atoms with Gasteiger partial charge in [-0.05, 0) is 36.8 Å². The molecule has 0 bridgehead atoms. The first-order valence-electron chi connectivity index (χ1n) is 8.54. The molecule has 0 aliphatic rings. The van der Waals surface area contributed by atoms with Gasteiger partial charge in [-0.25, -0.2) is 19.2 Å². The second kappa shape index (κ2) is 6.31. The van der Waals surface area contributed by atoms with Crippen LogP contribution in [0.25, 0.3) is 28.2 Å². The Morgan fingerprint density at radius 1 is 1.14 bits per heavy atom. The Bertz CT molecular complexity index is 1320. The van der Waals surface area contributed by atoms with Crippen molar-refractivity contribution in [2.75, 3.05) is 0 Å². The van der Waals surface area contributed by atoms with Crippen LogP contribution in [0.3, 0.4) is 0 Å². The Kier molecular flexibility index (Phi) is 3.76. The predicted molar refractivity (Wildman–Crippen MR) is 103 cm³/mol. The molecule has 5 rings (SSSR count). The number of aromatic nitrogens is 8. The van der Waals surface area contributed by atoms with Crippen LogP contribution in [0.4, 0.5) is 0 Å². The Balaban J connectivity index is 1.41. The fourth-order valence-electron chi connectivity index (χ4n) is 2.95. The molecule has 0 fully saturated rings. The van der Waals surface area contributed by atoms with Gasteiger partial charge in [0.2, 0.25) is 5.82 Å². The van der Waals surface area contributed by atoms with Gasteiger partial charge in [0.25, 0.3) is 0 Å². The van der Waals surface area contributed by atoms with Gasteiger partial charge in [-0.2, -0.15) is 10.2 Å². The Labute approximate surface area is 164 Å². The largest absolute Gasteiger partial charge is 0.471 e. The molecule has 0 aliphatic heterocycles. The molecule has 0 N–H and O–H groups in total. The SMILES string of the molecule is Cc1cc(OCn2ccc(-c3nc4c5cnn(C)c5ncn4n3)n2)ccc1Cl. The Morgan fingerprint density at radius 3 is 2.89 bits per heavy atom. The zero-order chi connectivity index (χ0) is 19.3. The molecule has 0 saturated carbocycles. The van der Waals surface area contributed by atoms with Gasteiger partial charge in [0.05, 0.1) is 11.6 Å². The minimum Gasteiger partial charge on any atom is -0.471 e. The topological polar surface area (TPSA) is 88.0 Å². The highest BCUT2D eigenvalue weighted by Gasteiger charge is 2.14. The van der Waals surface area contributed by atoms with Crippen LogP contribution >= 0.6 is 11.6 Å². The number of hydrogen-bond acceptors (Lipinski definition) is 6. The molecular weight excluding hydrogens is 380 g/mol.